The van der Waals surface area contributed by atoms with Crippen molar-refractivity contribution in [2.75, 3.05) is 6.54 Å². The maximum atomic E-state index is 14.2. The van der Waals surface area contributed by atoms with Gasteiger partial charge in [-0.15, -0.1) is 0 Å². The van der Waals surface area contributed by atoms with Crippen molar-refractivity contribution in [1.29, 1.82) is 0 Å². The Hall–Kier alpha value is -8.11. The van der Waals surface area contributed by atoms with E-state index in [9.17, 15) is 47.9 Å². The molecule has 72 heavy (non-hydrogen) atoms. The Morgan fingerprint density at radius 3 is 1.82 bits per heavy atom. The lowest BCUT2D eigenvalue weighted by atomic mass is 10.0. The number of nitrogens with two attached hydrogens (primary N) is 2. The van der Waals surface area contributed by atoms with Crippen molar-refractivity contribution in [3.05, 3.63) is 90.1 Å². The molecule has 0 spiro atoms. The minimum Gasteiger partial charge on any atom is -0.370 e. The van der Waals surface area contributed by atoms with E-state index in [4.69, 9.17) is 11.5 Å². The third-order valence-corrected chi connectivity index (χ3v) is 11.4. The van der Waals surface area contributed by atoms with Gasteiger partial charge in [0, 0.05) is 55.9 Å². The first kappa shape index (κ1) is 56.5. The molecule has 2 aromatic heterocycles. The van der Waals surface area contributed by atoms with Gasteiger partial charge in [-0.1, -0.05) is 76.2 Å². The molecule has 0 aliphatic heterocycles. The average Bonchev–Trinajstić information content (AvgIpc) is 4.00. The summed E-state index contributed by atoms with van der Waals surface area (Å²) in [6, 6.07) is 7.42. The molecule has 0 saturated carbocycles. The summed E-state index contributed by atoms with van der Waals surface area (Å²) >= 11 is 0. The molecule has 0 aliphatic rings. The van der Waals surface area contributed by atoms with Crippen LogP contribution in [0.2, 0.25) is 0 Å². The van der Waals surface area contributed by atoms with Crippen LogP contribution < -0.4 is 54.0 Å². The van der Waals surface area contributed by atoms with Crippen molar-refractivity contribution in [2.45, 2.75) is 122 Å². The Morgan fingerprint density at radius 2 is 1.21 bits per heavy atom. The Balaban J connectivity index is 1.47. The van der Waals surface area contributed by atoms with Gasteiger partial charge in [-0.2, -0.15) is 0 Å². The number of carbonyl (C=O) groups excluding carboxylic acids is 10. The fourth-order valence-corrected chi connectivity index (χ4v) is 7.66. The van der Waals surface area contributed by atoms with Gasteiger partial charge in [0.25, 0.3) is 0 Å². The Bertz CT molecular complexity index is 2530. The number of primary amides is 2. The van der Waals surface area contributed by atoms with Gasteiger partial charge in [-0.25, -0.2) is 4.98 Å². The van der Waals surface area contributed by atoms with E-state index in [1.54, 1.807) is 56.4 Å². The topological polar surface area (TPSA) is 363 Å². The molecule has 0 radical (unpaired) electrons. The lowest BCUT2D eigenvalue weighted by Crippen LogP contribution is -2.60. The summed E-state index contributed by atoms with van der Waals surface area (Å²) in [5.74, 6) is -7.99. The van der Waals surface area contributed by atoms with E-state index in [0.29, 0.717) is 11.3 Å². The molecule has 0 bridgehead atoms. The summed E-state index contributed by atoms with van der Waals surface area (Å²) < 4.78 is 0. The van der Waals surface area contributed by atoms with E-state index >= 15 is 0 Å². The van der Waals surface area contributed by atoms with Gasteiger partial charge in [0.15, 0.2) is 0 Å². The smallest absolute Gasteiger partial charge is 0.243 e. The third kappa shape index (κ3) is 18.0. The fraction of sp³-hybridized carbons (Fsp3) is 0.449. The maximum Gasteiger partial charge on any atom is 0.243 e. The SMILES string of the molecule is CC(=O)N[C@H](Cc1ccccc1)C(=O)N[C@@H](CCC(N)=O)C(=O)N[C@@H](Cc1c[nH]c2ccccc12)C(=O)N[C@@H](C)C(=O)N[C@H](C(=O)NCC(=O)N[C@@H](Cc1c[nH]cn1)C(=O)N[C@@H](CC(C)C)C(N)=O)C(C)C. The molecule has 14 N–H and O–H groups in total. The lowest BCUT2D eigenvalue weighted by molar-refractivity contribution is -0.135. The number of fused-ring (bicyclic) bond motifs is 1. The Labute approximate surface area is 416 Å². The zero-order chi connectivity index (χ0) is 53.1. The molecule has 7 atom stereocenters. The number of hydrogen-bond acceptors (Lipinski definition) is 11. The van der Waals surface area contributed by atoms with Crippen molar-refractivity contribution in [1.82, 2.24) is 57.5 Å². The molecule has 2 aromatic carbocycles. The Kier molecular flexibility index (Phi) is 21.4. The van der Waals surface area contributed by atoms with Gasteiger partial charge in [0.1, 0.15) is 42.3 Å². The molecule has 0 aliphatic carbocycles. The molecular weight excluding hydrogens is 931 g/mol. The molecule has 388 valence electrons. The monoisotopic (exact) mass is 998 g/mol. The molecule has 23 heteroatoms. The van der Waals surface area contributed by atoms with Gasteiger partial charge in [0.2, 0.25) is 59.1 Å². The fourth-order valence-electron chi connectivity index (χ4n) is 7.66. The Morgan fingerprint density at radius 1 is 0.611 bits per heavy atom. The minimum atomic E-state index is -1.41. The van der Waals surface area contributed by atoms with Crippen molar-refractivity contribution in [3.8, 4) is 0 Å². The van der Waals surface area contributed by atoms with Crippen LogP contribution in [-0.2, 0) is 67.2 Å². The van der Waals surface area contributed by atoms with E-state index in [-0.39, 0.29) is 44.4 Å². The summed E-state index contributed by atoms with van der Waals surface area (Å²) in [4.78, 5) is 142. The number of amides is 10. The van der Waals surface area contributed by atoms with Crippen molar-refractivity contribution in [3.63, 3.8) is 0 Å². The summed E-state index contributed by atoms with van der Waals surface area (Å²) in [5.41, 5.74) is 13.5. The number of benzene rings is 2. The predicted molar refractivity (Wildman–Crippen MR) is 264 cm³/mol. The van der Waals surface area contributed by atoms with E-state index in [2.05, 4.69) is 57.5 Å². The van der Waals surface area contributed by atoms with Crippen LogP contribution in [0.15, 0.2) is 73.3 Å². The van der Waals surface area contributed by atoms with Crippen molar-refractivity contribution in [2.24, 2.45) is 23.3 Å². The number of hydrogen-bond donors (Lipinski definition) is 12. The third-order valence-electron chi connectivity index (χ3n) is 11.4. The second-order valence-corrected chi connectivity index (χ2v) is 18.3. The minimum absolute atomic E-state index is 0.0113. The normalized spacial score (nSPS) is 14.1. The van der Waals surface area contributed by atoms with Crippen molar-refractivity contribution < 1.29 is 47.9 Å². The molecule has 0 saturated heterocycles. The molecule has 4 rings (SSSR count). The van der Waals surface area contributed by atoms with E-state index in [1.807, 2.05) is 32.0 Å². The zero-order valence-corrected chi connectivity index (χ0v) is 41.3. The highest BCUT2D eigenvalue weighted by atomic mass is 16.2. The number of aromatic amines is 2. The number of rotatable bonds is 28. The highest BCUT2D eigenvalue weighted by molar-refractivity contribution is 5.98. The second kappa shape index (κ2) is 27.3. The summed E-state index contributed by atoms with van der Waals surface area (Å²) in [5, 5.41) is 21.5. The van der Waals surface area contributed by atoms with Crippen LogP contribution in [0.5, 0.6) is 0 Å². The first-order chi connectivity index (χ1) is 34.1. The molecule has 10 amide bonds. The lowest BCUT2D eigenvalue weighted by Gasteiger charge is -2.27. The number of para-hydroxylation sites is 1. The largest absolute Gasteiger partial charge is 0.370 e. The van der Waals surface area contributed by atoms with Crippen molar-refractivity contribution >= 4 is 70.0 Å². The first-order valence-electron chi connectivity index (χ1n) is 23.6. The standard InChI is InChI=1S/C49H67N13O10/c1-26(2)18-36(43(51)66)60-48(71)39(21-32-23-52-25-55-32)58-41(65)24-54-49(72)42(27(3)4)62-44(67)28(5)56-46(69)38(20-31-22-53-34-15-11-10-14-33(31)34)61-45(68)35(16-17-40(50)64)59-47(70)37(57-29(6)63)19-30-12-8-7-9-13-30/h7-15,22-23,25-28,35-39,42,53H,16-21,24H2,1-6H3,(H2,50,64)(H2,51,66)(H,52,55)(H,54,72)(H,56,69)(H,57,63)(H,58,65)(H,59,70)(H,60,71)(H,61,68)(H,62,67)/t28-,35-,36-,37+,38-,39-,42-/m0/s1. The van der Waals surface area contributed by atoms with Crippen LogP contribution in [0.25, 0.3) is 10.9 Å². The van der Waals surface area contributed by atoms with Gasteiger partial charge in [-0.05, 0) is 48.8 Å². The summed E-state index contributed by atoms with van der Waals surface area (Å²) in [6.45, 7) is 8.97. The highest BCUT2D eigenvalue weighted by Crippen LogP contribution is 2.20. The van der Waals surface area contributed by atoms with Crippen LogP contribution in [0.4, 0.5) is 0 Å². The van der Waals surface area contributed by atoms with Gasteiger partial charge >= 0.3 is 0 Å². The van der Waals surface area contributed by atoms with E-state index in [0.717, 1.165) is 16.5 Å². The number of nitrogens with zero attached hydrogens (tertiary/aromatic N) is 1. The van der Waals surface area contributed by atoms with Crippen LogP contribution in [0, 0.1) is 11.8 Å². The zero-order valence-electron chi connectivity index (χ0n) is 41.3. The van der Waals surface area contributed by atoms with E-state index in [1.165, 1.54) is 26.4 Å². The highest BCUT2D eigenvalue weighted by Gasteiger charge is 2.34. The quantitative estimate of drug-likeness (QED) is 0.0325. The molecule has 0 fully saturated rings. The summed E-state index contributed by atoms with van der Waals surface area (Å²) in [7, 11) is 0. The molecular formula is C49H67N13O10. The number of carbonyl (C=O) groups is 10. The second-order valence-electron chi connectivity index (χ2n) is 18.3. The molecule has 4 aromatic rings. The van der Waals surface area contributed by atoms with Crippen LogP contribution in [0.3, 0.4) is 0 Å². The van der Waals surface area contributed by atoms with Gasteiger partial charge in [-0.3, -0.25) is 47.9 Å². The molecule has 0 unspecified atom stereocenters. The predicted octanol–water partition coefficient (Wildman–Crippen LogP) is -1.08. The molecule has 2 heterocycles. The first-order valence-corrected chi connectivity index (χ1v) is 23.6. The number of nitrogens with one attached hydrogen (secondary N) is 10. The van der Waals surface area contributed by atoms with Crippen LogP contribution in [0.1, 0.15) is 77.6 Å². The maximum absolute atomic E-state index is 14.2. The van der Waals surface area contributed by atoms with Crippen LogP contribution >= 0.6 is 0 Å². The van der Waals surface area contributed by atoms with Crippen LogP contribution in [-0.4, -0.2) is 123 Å². The number of imidazole rings is 1. The number of H-pyrrole nitrogens is 2. The summed E-state index contributed by atoms with van der Waals surface area (Å²) in [6.07, 6.45) is 4.15. The van der Waals surface area contributed by atoms with Gasteiger partial charge < -0.3 is 64.0 Å². The molecule has 23 nitrogen and oxygen atoms in total. The average molecular weight is 998 g/mol. The van der Waals surface area contributed by atoms with E-state index < -0.39 is 114 Å². The van der Waals surface area contributed by atoms with Gasteiger partial charge in [0.05, 0.1) is 18.6 Å². The number of aromatic nitrogens is 3.